The third-order valence-electron chi connectivity index (χ3n) is 10.9. The largest absolute Gasteiger partial charge is 0.462 e. The van der Waals surface area contributed by atoms with Crippen LogP contribution in [0.1, 0.15) is 239 Å². The fraction of sp³-hybridized carbons (Fsp3) is 0.702. The molecule has 0 aromatic rings. The van der Waals surface area contributed by atoms with E-state index in [1.54, 1.807) is 0 Å². The smallest absolute Gasteiger partial charge is 0.306 e. The quantitative estimate of drug-likeness (QED) is 0.0262. The number of hydrogen-bond donors (Lipinski definition) is 0. The number of carbonyl (C=O) groups is 3. The third-order valence-corrected chi connectivity index (χ3v) is 10.9. The molecule has 0 rings (SSSR count). The van der Waals surface area contributed by atoms with Crippen molar-refractivity contribution in [1.29, 1.82) is 0 Å². The summed E-state index contributed by atoms with van der Waals surface area (Å²) in [5.74, 6) is -0.940. The molecule has 360 valence electrons. The third kappa shape index (κ3) is 49.5. The summed E-state index contributed by atoms with van der Waals surface area (Å²) >= 11 is 0. The summed E-state index contributed by atoms with van der Waals surface area (Å²) in [5.41, 5.74) is 0. The second kappa shape index (κ2) is 51.2. The van der Waals surface area contributed by atoms with E-state index in [1.807, 2.05) is 0 Å². The Hall–Kier alpha value is -3.41. The highest BCUT2D eigenvalue weighted by Crippen LogP contribution is 2.13. The number of unbranched alkanes of at least 4 members (excludes halogenated alkanes) is 21. The van der Waals surface area contributed by atoms with Crippen molar-refractivity contribution in [3.05, 3.63) is 85.1 Å². The summed E-state index contributed by atoms with van der Waals surface area (Å²) in [6.45, 7) is 6.43. The number of carbonyl (C=O) groups excluding carboxylic acids is 3. The molecule has 0 fully saturated rings. The van der Waals surface area contributed by atoms with Crippen LogP contribution in [0.3, 0.4) is 0 Å². The van der Waals surface area contributed by atoms with E-state index in [-0.39, 0.29) is 31.1 Å². The molecule has 0 aromatic carbocycles. The minimum Gasteiger partial charge on any atom is -0.462 e. The molecule has 0 unspecified atom stereocenters. The molecule has 0 N–H and O–H groups in total. The first-order valence-electron chi connectivity index (χ1n) is 26.1. The monoisotopic (exact) mass is 877 g/mol. The molecule has 0 spiro atoms. The number of rotatable bonds is 46. The van der Waals surface area contributed by atoms with Gasteiger partial charge in [-0.05, 0) is 116 Å². The zero-order valence-corrected chi connectivity index (χ0v) is 41.1. The van der Waals surface area contributed by atoms with Crippen molar-refractivity contribution in [3.63, 3.8) is 0 Å². The van der Waals surface area contributed by atoms with Gasteiger partial charge in [-0.3, -0.25) is 14.4 Å². The fourth-order valence-electron chi connectivity index (χ4n) is 6.93. The van der Waals surface area contributed by atoms with Crippen LogP contribution < -0.4 is 0 Å². The lowest BCUT2D eigenvalue weighted by molar-refractivity contribution is -0.167. The van der Waals surface area contributed by atoms with Crippen molar-refractivity contribution < 1.29 is 28.6 Å². The van der Waals surface area contributed by atoms with Gasteiger partial charge in [0.25, 0.3) is 0 Å². The van der Waals surface area contributed by atoms with Crippen LogP contribution in [0, 0.1) is 0 Å². The van der Waals surface area contributed by atoms with Gasteiger partial charge in [-0.15, -0.1) is 0 Å². The zero-order chi connectivity index (χ0) is 45.8. The Labute approximate surface area is 388 Å². The molecule has 0 aliphatic carbocycles. The van der Waals surface area contributed by atoms with E-state index in [9.17, 15) is 14.4 Å². The summed E-state index contributed by atoms with van der Waals surface area (Å²) in [7, 11) is 0. The van der Waals surface area contributed by atoms with Gasteiger partial charge in [-0.25, -0.2) is 0 Å². The van der Waals surface area contributed by atoms with Gasteiger partial charge in [0.15, 0.2) is 6.10 Å². The molecule has 0 aliphatic heterocycles. The summed E-state index contributed by atoms with van der Waals surface area (Å²) < 4.78 is 16.8. The van der Waals surface area contributed by atoms with Gasteiger partial charge in [-0.1, -0.05) is 189 Å². The van der Waals surface area contributed by atoms with Gasteiger partial charge >= 0.3 is 17.9 Å². The van der Waals surface area contributed by atoms with Crippen LogP contribution in [-0.2, 0) is 28.6 Å². The molecule has 0 heterocycles. The van der Waals surface area contributed by atoms with Crippen LogP contribution in [-0.4, -0.2) is 37.2 Å². The average molecular weight is 877 g/mol. The number of esters is 3. The molecule has 6 heteroatoms. The topological polar surface area (TPSA) is 78.9 Å². The second-order valence-electron chi connectivity index (χ2n) is 17.0. The maximum Gasteiger partial charge on any atom is 0.306 e. The molecule has 0 aliphatic rings. The maximum absolute atomic E-state index is 12.8. The van der Waals surface area contributed by atoms with Crippen molar-refractivity contribution in [3.8, 4) is 0 Å². The summed E-state index contributed by atoms with van der Waals surface area (Å²) in [6.07, 6.45) is 65.6. The van der Waals surface area contributed by atoms with Gasteiger partial charge in [0.2, 0.25) is 0 Å². The van der Waals surface area contributed by atoms with Crippen LogP contribution in [0.4, 0.5) is 0 Å². The summed E-state index contributed by atoms with van der Waals surface area (Å²) in [5, 5.41) is 0. The Balaban J connectivity index is 4.47. The van der Waals surface area contributed by atoms with Crippen molar-refractivity contribution in [2.75, 3.05) is 13.2 Å². The molecular formula is C57H96O6. The SMILES string of the molecule is CCC=CCC=CCC=CCCCCCCCC(=O)OC(COC(=O)CCCCCCCC=CCC=CCCCCC)COC(=O)CCCCCCCC=CCC=CCCCCC. The zero-order valence-electron chi connectivity index (χ0n) is 41.1. The highest BCUT2D eigenvalue weighted by molar-refractivity contribution is 5.71. The molecular weight excluding hydrogens is 781 g/mol. The number of ether oxygens (including phenoxy) is 3. The van der Waals surface area contributed by atoms with Gasteiger partial charge in [0.1, 0.15) is 13.2 Å². The Bertz CT molecular complexity index is 1170. The Kier molecular flexibility index (Phi) is 48.5. The first-order chi connectivity index (χ1) is 31.0. The maximum atomic E-state index is 12.8. The van der Waals surface area contributed by atoms with Crippen LogP contribution in [0.5, 0.6) is 0 Å². The molecule has 0 radical (unpaired) electrons. The van der Waals surface area contributed by atoms with Gasteiger partial charge in [0.05, 0.1) is 0 Å². The van der Waals surface area contributed by atoms with Crippen molar-refractivity contribution in [2.45, 2.75) is 245 Å². The van der Waals surface area contributed by atoms with E-state index in [0.29, 0.717) is 19.3 Å². The molecule has 0 amide bonds. The first kappa shape index (κ1) is 59.6. The van der Waals surface area contributed by atoms with Crippen LogP contribution in [0.15, 0.2) is 85.1 Å². The lowest BCUT2D eigenvalue weighted by atomic mass is 10.1. The normalized spacial score (nSPS) is 12.7. The molecule has 63 heavy (non-hydrogen) atoms. The van der Waals surface area contributed by atoms with Crippen molar-refractivity contribution in [1.82, 2.24) is 0 Å². The minimum atomic E-state index is -0.797. The Morgan fingerprint density at radius 2 is 0.619 bits per heavy atom. The van der Waals surface area contributed by atoms with Crippen molar-refractivity contribution in [2.24, 2.45) is 0 Å². The van der Waals surface area contributed by atoms with Crippen LogP contribution in [0.2, 0.25) is 0 Å². The predicted molar refractivity (Wildman–Crippen MR) is 270 cm³/mol. The number of hydrogen-bond acceptors (Lipinski definition) is 6. The number of allylic oxidation sites excluding steroid dienone is 14. The van der Waals surface area contributed by atoms with E-state index in [4.69, 9.17) is 14.2 Å². The van der Waals surface area contributed by atoms with Gasteiger partial charge in [-0.2, -0.15) is 0 Å². The Morgan fingerprint density at radius 1 is 0.333 bits per heavy atom. The van der Waals surface area contributed by atoms with Gasteiger partial charge < -0.3 is 14.2 Å². The molecule has 0 aromatic heterocycles. The summed E-state index contributed by atoms with van der Waals surface area (Å²) in [4.78, 5) is 38.0. The minimum absolute atomic E-state index is 0.0962. The lowest BCUT2D eigenvalue weighted by Crippen LogP contribution is -2.30. The van der Waals surface area contributed by atoms with Crippen LogP contribution >= 0.6 is 0 Å². The fourth-order valence-corrected chi connectivity index (χ4v) is 6.93. The lowest BCUT2D eigenvalue weighted by Gasteiger charge is -2.18. The molecule has 0 bridgehead atoms. The highest BCUT2D eigenvalue weighted by atomic mass is 16.6. The average Bonchev–Trinajstić information content (AvgIpc) is 3.28. The second-order valence-corrected chi connectivity index (χ2v) is 17.0. The predicted octanol–water partition coefficient (Wildman–Crippen LogP) is 17.2. The van der Waals surface area contributed by atoms with Gasteiger partial charge in [0, 0.05) is 19.3 Å². The van der Waals surface area contributed by atoms with E-state index in [1.165, 1.54) is 51.4 Å². The first-order valence-corrected chi connectivity index (χ1v) is 26.1. The molecule has 0 saturated heterocycles. The van der Waals surface area contributed by atoms with Crippen LogP contribution in [0.25, 0.3) is 0 Å². The highest BCUT2D eigenvalue weighted by Gasteiger charge is 2.19. The molecule has 0 atom stereocenters. The Morgan fingerprint density at radius 3 is 0.968 bits per heavy atom. The van der Waals surface area contributed by atoms with E-state index in [2.05, 4.69) is 106 Å². The van der Waals surface area contributed by atoms with E-state index < -0.39 is 6.10 Å². The van der Waals surface area contributed by atoms with E-state index in [0.717, 1.165) is 148 Å². The van der Waals surface area contributed by atoms with Crippen molar-refractivity contribution >= 4 is 17.9 Å². The van der Waals surface area contributed by atoms with E-state index >= 15 is 0 Å². The molecule has 0 saturated carbocycles. The standard InChI is InChI=1S/C57H96O6/c1-4-7-10-13-16-19-22-25-28-31-34-37-40-43-46-49-55(58)61-52-54(63-57(60)51-48-45-42-39-36-33-30-27-24-21-18-15-12-9-6-3)53-62-56(59)50-47-44-41-38-35-32-29-26-23-20-17-14-11-8-5-2/h9,12,16-21,25-30,54H,4-8,10-11,13-15,22-24,31-53H2,1-3H3. The molecule has 6 nitrogen and oxygen atoms in total. The summed E-state index contributed by atoms with van der Waals surface area (Å²) in [6, 6.07) is 0.